The molecule has 2 N–H and O–H groups in total. The van der Waals surface area contributed by atoms with Gasteiger partial charge in [-0.1, -0.05) is 4.57 Å². The van der Waals surface area contributed by atoms with Gasteiger partial charge in [0.25, 0.3) is 0 Å². The molecule has 0 amide bonds. The van der Waals surface area contributed by atoms with E-state index in [9.17, 15) is 4.57 Å². The van der Waals surface area contributed by atoms with Gasteiger partial charge in [-0.25, -0.2) is 0 Å². The molecule has 2 aliphatic heterocycles. The molecule has 2 aliphatic carbocycles. The zero-order chi connectivity index (χ0) is 14.9. The molecule has 0 spiro atoms. The van der Waals surface area contributed by atoms with E-state index in [1.165, 1.54) is 77.5 Å². The Morgan fingerprint density at radius 2 is 1.14 bits per heavy atom. The molecule has 0 radical (unpaired) electrons. The molecule has 124 valence electrons. The third-order valence-electron chi connectivity index (χ3n) is 7.14. The Balaban J connectivity index is 1.35. The lowest BCUT2D eigenvalue weighted by molar-refractivity contribution is 0.179. The molecule has 2 saturated heterocycles. The standard InChI is InChI=1S/C18H32N2OP/c21-22(17-3-1-15-11-19-7-5-13(15)9-17)18-4-2-16-12-20-8-6-14(16)10-18/h13-20H,1-12H2/q+1. The van der Waals surface area contributed by atoms with Crippen LogP contribution >= 0.6 is 7.80 Å². The van der Waals surface area contributed by atoms with Gasteiger partial charge in [0.05, 0.1) is 0 Å². The largest absolute Gasteiger partial charge is 0.344 e. The van der Waals surface area contributed by atoms with E-state index < -0.39 is 7.80 Å². The van der Waals surface area contributed by atoms with E-state index in [0.717, 1.165) is 23.7 Å². The molecule has 4 fully saturated rings. The molecule has 4 aliphatic rings. The summed E-state index contributed by atoms with van der Waals surface area (Å²) in [7, 11) is -0.972. The van der Waals surface area contributed by atoms with Crippen molar-refractivity contribution in [2.75, 3.05) is 26.2 Å². The van der Waals surface area contributed by atoms with Gasteiger partial charge in [0.2, 0.25) is 0 Å². The van der Waals surface area contributed by atoms with Gasteiger partial charge >= 0.3 is 7.80 Å². The van der Waals surface area contributed by atoms with Crippen molar-refractivity contribution in [3.05, 3.63) is 0 Å². The highest BCUT2D eigenvalue weighted by atomic mass is 31.1. The van der Waals surface area contributed by atoms with Crippen LogP contribution in [-0.4, -0.2) is 37.5 Å². The van der Waals surface area contributed by atoms with Crippen molar-refractivity contribution in [2.24, 2.45) is 23.7 Å². The van der Waals surface area contributed by atoms with E-state index in [-0.39, 0.29) is 0 Å². The number of rotatable bonds is 2. The summed E-state index contributed by atoms with van der Waals surface area (Å²) in [5.41, 5.74) is 1.11. The summed E-state index contributed by atoms with van der Waals surface area (Å²) < 4.78 is 13.2. The third kappa shape index (κ3) is 3.14. The molecular formula is C18H32N2OP+. The van der Waals surface area contributed by atoms with Crippen LogP contribution < -0.4 is 10.6 Å². The van der Waals surface area contributed by atoms with Gasteiger partial charge in [-0.15, -0.1) is 0 Å². The predicted octanol–water partition coefficient (Wildman–Crippen LogP) is 3.37. The van der Waals surface area contributed by atoms with Crippen molar-refractivity contribution in [3.8, 4) is 0 Å². The molecule has 0 bridgehead atoms. The van der Waals surface area contributed by atoms with Crippen LogP contribution in [0.1, 0.15) is 51.4 Å². The normalized spacial score (nSPS) is 46.5. The maximum absolute atomic E-state index is 13.2. The lowest BCUT2D eigenvalue weighted by Gasteiger charge is -2.39. The Morgan fingerprint density at radius 1 is 0.636 bits per heavy atom. The Hall–Kier alpha value is 0.0200. The highest BCUT2D eigenvalue weighted by Crippen LogP contribution is 2.52. The molecule has 2 saturated carbocycles. The fourth-order valence-electron chi connectivity index (χ4n) is 5.76. The number of hydrogen-bond acceptors (Lipinski definition) is 3. The second-order valence-corrected chi connectivity index (χ2v) is 10.5. The Morgan fingerprint density at radius 3 is 1.64 bits per heavy atom. The van der Waals surface area contributed by atoms with Gasteiger partial charge < -0.3 is 10.6 Å². The van der Waals surface area contributed by atoms with Crippen LogP contribution in [0.2, 0.25) is 0 Å². The van der Waals surface area contributed by atoms with E-state index in [4.69, 9.17) is 0 Å². The first-order chi connectivity index (χ1) is 10.8. The van der Waals surface area contributed by atoms with Crippen molar-refractivity contribution < 1.29 is 4.57 Å². The first-order valence-corrected chi connectivity index (χ1v) is 11.1. The van der Waals surface area contributed by atoms with Crippen LogP contribution in [0.5, 0.6) is 0 Å². The molecule has 3 nitrogen and oxygen atoms in total. The molecule has 4 heteroatoms. The monoisotopic (exact) mass is 323 g/mol. The van der Waals surface area contributed by atoms with E-state index in [1.807, 2.05) is 0 Å². The van der Waals surface area contributed by atoms with E-state index in [2.05, 4.69) is 10.6 Å². The van der Waals surface area contributed by atoms with Gasteiger partial charge in [-0.3, -0.25) is 0 Å². The Labute approximate surface area is 136 Å². The number of hydrogen-bond donors (Lipinski definition) is 2. The molecular weight excluding hydrogens is 291 g/mol. The number of piperidine rings is 2. The number of nitrogens with one attached hydrogen (secondary N) is 2. The molecule has 6 unspecified atom stereocenters. The van der Waals surface area contributed by atoms with Crippen LogP contribution in [0.4, 0.5) is 0 Å². The second kappa shape index (κ2) is 6.87. The zero-order valence-corrected chi connectivity index (χ0v) is 14.7. The van der Waals surface area contributed by atoms with Crippen LogP contribution in [0.3, 0.4) is 0 Å². The van der Waals surface area contributed by atoms with Gasteiger partial charge in [-0.2, -0.15) is 0 Å². The lowest BCUT2D eigenvalue weighted by atomic mass is 9.75. The van der Waals surface area contributed by atoms with E-state index >= 15 is 0 Å². The zero-order valence-electron chi connectivity index (χ0n) is 13.8. The van der Waals surface area contributed by atoms with Crippen LogP contribution in [0, 0.1) is 23.7 Å². The second-order valence-electron chi connectivity index (χ2n) is 8.32. The molecule has 2 heterocycles. The van der Waals surface area contributed by atoms with Crippen molar-refractivity contribution in [1.29, 1.82) is 0 Å². The number of fused-ring (bicyclic) bond motifs is 2. The Kier molecular flexibility index (Phi) is 4.85. The summed E-state index contributed by atoms with van der Waals surface area (Å²) in [6, 6.07) is 0. The molecule has 22 heavy (non-hydrogen) atoms. The van der Waals surface area contributed by atoms with Crippen molar-refractivity contribution >= 4 is 7.80 Å². The summed E-state index contributed by atoms with van der Waals surface area (Å²) in [5.74, 6) is 3.51. The fourth-order valence-corrected chi connectivity index (χ4v) is 8.12. The van der Waals surface area contributed by atoms with Gasteiger partial charge in [0.15, 0.2) is 11.3 Å². The van der Waals surface area contributed by atoms with Gasteiger partial charge in [0.1, 0.15) is 0 Å². The van der Waals surface area contributed by atoms with Crippen molar-refractivity contribution in [1.82, 2.24) is 10.6 Å². The summed E-state index contributed by atoms with van der Waals surface area (Å²) in [6.45, 7) is 4.80. The first-order valence-electron chi connectivity index (χ1n) is 9.68. The molecule has 0 aromatic heterocycles. The van der Waals surface area contributed by atoms with Crippen LogP contribution in [0.25, 0.3) is 0 Å². The summed E-state index contributed by atoms with van der Waals surface area (Å²) >= 11 is 0. The maximum Gasteiger partial charge on any atom is 0.344 e. The average molecular weight is 323 g/mol. The molecule has 4 rings (SSSR count). The maximum atomic E-state index is 13.2. The highest BCUT2D eigenvalue weighted by Gasteiger charge is 2.47. The summed E-state index contributed by atoms with van der Waals surface area (Å²) in [5, 5.41) is 7.09. The minimum atomic E-state index is -0.972. The predicted molar refractivity (Wildman–Crippen MR) is 91.8 cm³/mol. The average Bonchev–Trinajstić information content (AvgIpc) is 2.60. The van der Waals surface area contributed by atoms with E-state index in [1.54, 1.807) is 0 Å². The molecule has 0 aromatic carbocycles. The minimum Gasteiger partial charge on any atom is -0.316 e. The lowest BCUT2D eigenvalue weighted by Crippen LogP contribution is -2.42. The van der Waals surface area contributed by atoms with Crippen LogP contribution in [-0.2, 0) is 4.57 Å². The minimum absolute atomic E-state index is 0.553. The van der Waals surface area contributed by atoms with Crippen molar-refractivity contribution in [3.63, 3.8) is 0 Å². The SMILES string of the molecule is O=[P+](C1CCC2CNCCC2C1)C1CCC2CNCCC2C1. The topological polar surface area (TPSA) is 41.1 Å². The molecule has 0 aromatic rings. The van der Waals surface area contributed by atoms with Gasteiger partial charge in [0, 0.05) is 0 Å². The highest BCUT2D eigenvalue weighted by molar-refractivity contribution is 7.46. The van der Waals surface area contributed by atoms with E-state index in [0.29, 0.717) is 11.3 Å². The third-order valence-corrected chi connectivity index (χ3v) is 9.52. The smallest absolute Gasteiger partial charge is 0.316 e. The van der Waals surface area contributed by atoms with Crippen LogP contribution in [0.15, 0.2) is 0 Å². The Bertz CT molecular complexity index is 380. The molecule has 6 atom stereocenters. The quantitative estimate of drug-likeness (QED) is 0.766. The van der Waals surface area contributed by atoms with Gasteiger partial charge in [-0.05, 0) is 101 Å². The summed E-state index contributed by atoms with van der Waals surface area (Å²) in [4.78, 5) is 0. The van der Waals surface area contributed by atoms with Crippen molar-refractivity contribution in [2.45, 2.75) is 62.7 Å². The fraction of sp³-hybridized carbons (Fsp3) is 1.00. The summed E-state index contributed by atoms with van der Waals surface area (Å²) in [6.07, 6.45) is 10.3. The first kappa shape index (κ1) is 15.5.